The fourth-order valence-electron chi connectivity index (χ4n) is 1.64. The molecule has 102 valence electrons. The zero-order valence-corrected chi connectivity index (χ0v) is 11.6. The number of hydrogen-bond acceptors (Lipinski definition) is 4. The minimum absolute atomic E-state index is 0.0204. The van der Waals surface area contributed by atoms with Gasteiger partial charge in [0, 0.05) is 6.04 Å². The number of carbonyl (C=O) groups is 1. The lowest BCUT2D eigenvalue weighted by Crippen LogP contribution is -2.45. The fourth-order valence-corrected chi connectivity index (χ4v) is 1.64. The Morgan fingerprint density at radius 2 is 2.11 bits per heavy atom. The second-order valence-electron chi connectivity index (χ2n) is 4.49. The summed E-state index contributed by atoms with van der Waals surface area (Å²) < 4.78 is 5.33. The number of rotatable bonds is 7. The Bertz CT molecular complexity index is 372. The highest BCUT2D eigenvalue weighted by molar-refractivity contribution is 5.81. The monoisotopic (exact) mass is 253 g/mol. The number of hydrogen-bond donors (Lipinski definition) is 2. The van der Waals surface area contributed by atoms with Crippen LogP contribution in [0.3, 0.4) is 0 Å². The molecule has 5 heteroatoms. The summed E-state index contributed by atoms with van der Waals surface area (Å²) in [5, 5.41) is 6.10. The SMILES string of the molecule is CCC(CC)NC(=O)C(C)NCc1ncc(C)o1. The molecule has 0 radical (unpaired) electrons. The topological polar surface area (TPSA) is 67.2 Å². The van der Waals surface area contributed by atoms with E-state index in [4.69, 9.17) is 4.42 Å². The van der Waals surface area contributed by atoms with Crippen molar-refractivity contribution in [3.8, 4) is 0 Å². The summed E-state index contributed by atoms with van der Waals surface area (Å²) in [7, 11) is 0. The Hall–Kier alpha value is -1.36. The number of nitrogens with one attached hydrogen (secondary N) is 2. The van der Waals surface area contributed by atoms with Crippen LogP contribution in [0.1, 0.15) is 45.3 Å². The van der Waals surface area contributed by atoms with Crippen LogP contribution >= 0.6 is 0 Å². The summed E-state index contributed by atoms with van der Waals surface area (Å²) >= 11 is 0. The first kappa shape index (κ1) is 14.7. The molecule has 0 saturated carbocycles. The number of aromatic nitrogens is 1. The predicted octanol–water partition coefficient (Wildman–Crippen LogP) is 1.77. The van der Waals surface area contributed by atoms with Crippen LogP contribution in [0.15, 0.2) is 10.6 Å². The molecule has 0 saturated heterocycles. The molecule has 1 aromatic heterocycles. The summed E-state index contributed by atoms with van der Waals surface area (Å²) in [6.45, 7) is 8.29. The minimum atomic E-state index is -0.252. The van der Waals surface area contributed by atoms with Crippen LogP contribution in [0.2, 0.25) is 0 Å². The number of amides is 1. The molecule has 1 atom stereocenters. The van der Waals surface area contributed by atoms with Gasteiger partial charge in [-0.25, -0.2) is 4.98 Å². The van der Waals surface area contributed by atoms with Crippen LogP contribution in [0.25, 0.3) is 0 Å². The zero-order chi connectivity index (χ0) is 13.5. The zero-order valence-electron chi connectivity index (χ0n) is 11.6. The van der Waals surface area contributed by atoms with Gasteiger partial charge in [-0.05, 0) is 26.7 Å². The molecular formula is C13H23N3O2. The van der Waals surface area contributed by atoms with E-state index in [0.29, 0.717) is 12.4 Å². The van der Waals surface area contributed by atoms with Gasteiger partial charge in [-0.1, -0.05) is 13.8 Å². The molecule has 1 aromatic rings. The highest BCUT2D eigenvalue weighted by Crippen LogP contribution is 2.02. The maximum atomic E-state index is 11.9. The van der Waals surface area contributed by atoms with Crippen molar-refractivity contribution in [1.82, 2.24) is 15.6 Å². The summed E-state index contributed by atoms with van der Waals surface area (Å²) in [5.74, 6) is 1.41. The van der Waals surface area contributed by atoms with Crippen molar-refractivity contribution < 1.29 is 9.21 Å². The van der Waals surface area contributed by atoms with Gasteiger partial charge >= 0.3 is 0 Å². The molecule has 0 spiro atoms. The third-order valence-corrected chi connectivity index (χ3v) is 2.95. The normalized spacial score (nSPS) is 12.7. The highest BCUT2D eigenvalue weighted by atomic mass is 16.4. The van der Waals surface area contributed by atoms with E-state index in [1.54, 1.807) is 6.20 Å². The Balaban J connectivity index is 2.35. The fraction of sp³-hybridized carbons (Fsp3) is 0.692. The van der Waals surface area contributed by atoms with Crippen molar-refractivity contribution in [3.05, 3.63) is 17.8 Å². The lowest BCUT2D eigenvalue weighted by molar-refractivity contribution is -0.123. The van der Waals surface area contributed by atoms with Crippen molar-refractivity contribution in [1.29, 1.82) is 0 Å². The van der Waals surface area contributed by atoms with E-state index < -0.39 is 0 Å². The summed E-state index contributed by atoms with van der Waals surface area (Å²) in [6.07, 6.45) is 3.58. The molecule has 0 aliphatic rings. The van der Waals surface area contributed by atoms with Crippen LogP contribution in [0, 0.1) is 6.92 Å². The van der Waals surface area contributed by atoms with Gasteiger partial charge in [0.25, 0.3) is 0 Å². The largest absolute Gasteiger partial charge is 0.445 e. The Morgan fingerprint density at radius 3 is 2.61 bits per heavy atom. The van der Waals surface area contributed by atoms with Gasteiger partial charge in [0.15, 0.2) is 0 Å². The van der Waals surface area contributed by atoms with Crippen LogP contribution in [-0.4, -0.2) is 23.0 Å². The molecule has 0 bridgehead atoms. The first-order valence-electron chi connectivity index (χ1n) is 6.51. The number of carbonyl (C=O) groups excluding carboxylic acids is 1. The van der Waals surface area contributed by atoms with E-state index in [1.165, 1.54) is 0 Å². The molecule has 0 aliphatic carbocycles. The van der Waals surface area contributed by atoms with Gasteiger partial charge < -0.3 is 9.73 Å². The minimum Gasteiger partial charge on any atom is -0.445 e. The predicted molar refractivity (Wildman–Crippen MR) is 70.1 cm³/mol. The summed E-state index contributed by atoms with van der Waals surface area (Å²) in [5.41, 5.74) is 0. The molecule has 0 aromatic carbocycles. The molecule has 0 aliphatic heterocycles. The van der Waals surface area contributed by atoms with Gasteiger partial charge in [0.05, 0.1) is 18.8 Å². The maximum absolute atomic E-state index is 11.9. The number of aryl methyl sites for hydroxylation is 1. The molecule has 0 fully saturated rings. The Morgan fingerprint density at radius 1 is 1.44 bits per heavy atom. The molecule has 1 amide bonds. The smallest absolute Gasteiger partial charge is 0.237 e. The Labute approximate surface area is 108 Å². The average Bonchev–Trinajstić information content (AvgIpc) is 2.78. The van der Waals surface area contributed by atoms with Crippen LogP contribution in [0.4, 0.5) is 0 Å². The van der Waals surface area contributed by atoms with Gasteiger partial charge in [-0.3, -0.25) is 10.1 Å². The van der Waals surface area contributed by atoms with Gasteiger partial charge in [0.1, 0.15) is 5.76 Å². The second kappa shape index (κ2) is 7.16. The quantitative estimate of drug-likeness (QED) is 0.777. The maximum Gasteiger partial charge on any atom is 0.237 e. The van der Waals surface area contributed by atoms with Crippen molar-refractivity contribution in [3.63, 3.8) is 0 Å². The molecule has 1 unspecified atom stereocenters. The third kappa shape index (κ3) is 4.49. The lowest BCUT2D eigenvalue weighted by Gasteiger charge is -2.18. The van der Waals surface area contributed by atoms with E-state index >= 15 is 0 Å². The van der Waals surface area contributed by atoms with Crippen molar-refractivity contribution in [2.24, 2.45) is 0 Å². The van der Waals surface area contributed by atoms with Crippen molar-refractivity contribution in [2.45, 2.75) is 59.2 Å². The van der Waals surface area contributed by atoms with E-state index in [1.807, 2.05) is 13.8 Å². The highest BCUT2D eigenvalue weighted by Gasteiger charge is 2.15. The van der Waals surface area contributed by atoms with Crippen molar-refractivity contribution in [2.75, 3.05) is 0 Å². The van der Waals surface area contributed by atoms with Gasteiger partial charge in [-0.15, -0.1) is 0 Å². The standard InChI is InChI=1S/C13H23N3O2/c1-5-11(6-2)16-13(17)10(4)14-8-12-15-7-9(3)18-12/h7,10-11,14H,5-6,8H2,1-4H3,(H,16,17). The van der Waals surface area contributed by atoms with Gasteiger partial charge in [0.2, 0.25) is 11.8 Å². The lowest BCUT2D eigenvalue weighted by atomic mass is 10.1. The van der Waals surface area contributed by atoms with E-state index in [9.17, 15) is 4.79 Å². The van der Waals surface area contributed by atoms with E-state index in [2.05, 4.69) is 29.5 Å². The average molecular weight is 253 g/mol. The van der Waals surface area contributed by atoms with Crippen LogP contribution < -0.4 is 10.6 Å². The first-order valence-corrected chi connectivity index (χ1v) is 6.51. The molecule has 5 nitrogen and oxygen atoms in total. The van der Waals surface area contributed by atoms with Crippen LogP contribution in [0.5, 0.6) is 0 Å². The first-order chi connectivity index (χ1) is 8.56. The van der Waals surface area contributed by atoms with E-state index in [-0.39, 0.29) is 18.0 Å². The van der Waals surface area contributed by atoms with Crippen LogP contribution in [-0.2, 0) is 11.3 Å². The third-order valence-electron chi connectivity index (χ3n) is 2.95. The van der Waals surface area contributed by atoms with Crippen molar-refractivity contribution >= 4 is 5.91 Å². The Kier molecular flexibility index (Phi) is 5.85. The molecule has 1 rings (SSSR count). The molecule has 2 N–H and O–H groups in total. The molecular weight excluding hydrogens is 230 g/mol. The molecule has 1 heterocycles. The molecule has 18 heavy (non-hydrogen) atoms. The second-order valence-corrected chi connectivity index (χ2v) is 4.49. The summed E-state index contributed by atoms with van der Waals surface area (Å²) in [6, 6.07) is 0.00328. The van der Waals surface area contributed by atoms with E-state index in [0.717, 1.165) is 18.6 Å². The number of nitrogens with zero attached hydrogens (tertiary/aromatic N) is 1. The number of oxazole rings is 1. The summed E-state index contributed by atoms with van der Waals surface area (Å²) in [4.78, 5) is 16.0. The van der Waals surface area contributed by atoms with Gasteiger partial charge in [-0.2, -0.15) is 0 Å².